The van der Waals surface area contributed by atoms with Crippen molar-refractivity contribution in [3.63, 3.8) is 0 Å². The number of carbonyl (C=O) groups is 1. The molecule has 0 spiro atoms. The van der Waals surface area contributed by atoms with Crippen molar-refractivity contribution in [3.8, 4) is 0 Å². The Hall–Kier alpha value is -0.580. The number of hydrogen-bond donors (Lipinski definition) is 1. The second kappa shape index (κ2) is 2.48. The Balaban J connectivity index is 2.27. The Morgan fingerprint density at radius 1 is 1.45 bits per heavy atom. The van der Waals surface area contributed by atoms with Gasteiger partial charge < -0.3 is 4.79 Å². The van der Waals surface area contributed by atoms with Gasteiger partial charge in [0.2, 0.25) is 0 Å². The highest BCUT2D eigenvalue weighted by Gasteiger charge is 2.44. The van der Waals surface area contributed by atoms with Crippen LogP contribution in [0.3, 0.4) is 0 Å². The number of halogens is 3. The maximum Gasteiger partial charge on any atom is 0.401 e. The van der Waals surface area contributed by atoms with Crippen molar-refractivity contribution in [1.82, 2.24) is 5.32 Å². The first-order chi connectivity index (χ1) is 4.97. The van der Waals surface area contributed by atoms with E-state index >= 15 is 0 Å². The van der Waals surface area contributed by atoms with E-state index in [1.165, 1.54) is 0 Å². The van der Waals surface area contributed by atoms with Crippen molar-refractivity contribution in [2.75, 3.05) is 6.54 Å². The summed E-state index contributed by atoms with van der Waals surface area (Å²) in [5, 5.41) is 2.17. The van der Waals surface area contributed by atoms with E-state index in [2.05, 4.69) is 5.32 Å². The van der Waals surface area contributed by atoms with Crippen molar-refractivity contribution in [3.05, 3.63) is 0 Å². The first-order valence-corrected chi connectivity index (χ1v) is 3.26. The smallest absolute Gasteiger partial charge is 0.301 e. The molecule has 1 aliphatic carbocycles. The SMILES string of the molecule is O=CC1(NCC(F)(F)F)CC1. The van der Waals surface area contributed by atoms with Crippen LogP contribution in [0.2, 0.25) is 0 Å². The molecule has 0 aromatic heterocycles. The summed E-state index contributed by atoms with van der Waals surface area (Å²) in [6, 6.07) is 0. The van der Waals surface area contributed by atoms with Gasteiger partial charge in [-0.2, -0.15) is 13.2 Å². The van der Waals surface area contributed by atoms with Crippen LogP contribution in [-0.4, -0.2) is 24.5 Å². The Morgan fingerprint density at radius 3 is 2.27 bits per heavy atom. The minimum absolute atomic E-state index is 0.520. The monoisotopic (exact) mass is 167 g/mol. The lowest BCUT2D eigenvalue weighted by Crippen LogP contribution is -2.39. The van der Waals surface area contributed by atoms with Gasteiger partial charge in [-0.3, -0.25) is 5.32 Å². The summed E-state index contributed by atoms with van der Waals surface area (Å²) >= 11 is 0. The molecule has 0 amide bonds. The highest BCUT2D eigenvalue weighted by Crippen LogP contribution is 2.33. The molecular formula is C6H8F3NO. The molecule has 0 bridgehead atoms. The Bertz CT molecular complexity index is 162. The van der Waals surface area contributed by atoms with Gasteiger partial charge in [-0.15, -0.1) is 0 Å². The lowest BCUT2D eigenvalue weighted by atomic mass is 10.3. The van der Waals surface area contributed by atoms with Gasteiger partial charge in [0.1, 0.15) is 6.29 Å². The van der Waals surface area contributed by atoms with Crippen LogP contribution in [0.4, 0.5) is 13.2 Å². The quantitative estimate of drug-likeness (QED) is 0.632. The maximum atomic E-state index is 11.6. The molecule has 0 saturated heterocycles. The molecule has 0 aromatic carbocycles. The lowest BCUT2D eigenvalue weighted by molar-refractivity contribution is -0.128. The van der Waals surface area contributed by atoms with E-state index in [0.717, 1.165) is 0 Å². The molecule has 1 N–H and O–H groups in total. The fourth-order valence-corrected chi connectivity index (χ4v) is 0.747. The number of carbonyl (C=O) groups excluding carboxylic acids is 1. The Labute approximate surface area is 61.8 Å². The zero-order valence-corrected chi connectivity index (χ0v) is 5.74. The van der Waals surface area contributed by atoms with Gasteiger partial charge in [0.15, 0.2) is 0 Å². The van der Waals surface area contributed by atoms with Crippen LogP contribution >= 0.6 is 0 Å². The zero-order chi connectivity index (χ0) is 8.54. The van der Waals surface area contributed by atoms with Crippen LogP contribution in [0.25, 0.3) is 0 Å². The summed E-state index contributed by atoms with van der Waals surface area (Å²) in [6.45, 7) is -1.08. The Morgan fingerprint density at radius 2 is 2.00 bits per heavy atom. The van der Waals surface area contributed by atoms with Crippen LogP contribution in [0.1, 0.15) is 12.8 Å². The minimum Gasteiger partial charge on any atom is -0.301 e. The molecule has 1 aliphatic rings. The van der Waals surface area contributed by atoms with E-state index in [9.17, 15) is 18.0 Å². The Kier molecular flexibility index (Phi) is 1.92. The summed E-state index contributed by atoms with van der Waals surface area (Å²) < 4.78 is 34.7. The molecule has 0 radical (unpaired) electrons. The van der Waals surface area contributed by atoms with E-state index < -0.39 is 18.3 Å². The fourth-order valence-electron chi connectivity index (χ4n) is 0.747. The normalized spacial score (nSPS) is 21.4. The highest BCUT2D eigenvalue weighted by molar-refractivity contribution is 5.68. The van der Waals surface area contributed by atoms with Crippen molar-refractivity contribution >= 4 is 6.29 Å². The summed E-state index contributed by atoms with van der Waals surface area (Å²) in [5.41, 5.74) is -0.852. The zero-order valence-electron chi connectivity index (χ0n) is 5.74. The number of alkyl halides is 3. The van der Waals surface area contributed by atoms with E-state index in [4.69, 9.17) is 0 Å². The summed E-state index contributed by atoms with van der Waals surface area (Å²) in [4.78, 5) is 10.2. The first-order valence-electron chi connectivity index (χ1n) is 3.26. The fraction of sp³-hybridized carbons (Fsp3) is 0.833. The number of aldehydes is 1. The molecule has 0 aliphatic heterocycles. The van der Waals surface area contributed by atoms with Gasteiger partial charge in [-0.05, 0) is 12.8 Å². The number of nitrogens with one attached hydrogen (secondary N) is 1. The average molecular weight is 167 g/mol. The number of hydrogen-bond acceptors (Lipinski definition) is 2. The summed E-state index contributed by atoms with van der Waals surface area (Å²) in [7, 11) is 0. The molecule has 0 atom stereocenters. The van der Waals surface area contributed by atoms with Crippen LogP contribution in [0.5, 0.6) is 0 Å². The van der Waals surface area contributed by atoms with Crippen LogP contribution in [0, 0.1) is 0 Å². The third kappa shape index (κ3) is 2.49. The topological polar surface area (TPSA) is 29.1 Å². The molecule has 1 rings (SSSR count). The second-order valence-electron chi connectivity index (χ2n) is 2.74. The van der Waals surface area contributed by atoms with Gasteiger partial charge in [0, 0.05) is 0 Å². The second-order valence-corrected chi connectivity index (χ2v) is 2.74. The van der Waals surface area contributed by atoms with E-state index in [0.29, 0.717) is 19.1 Å². The average Bonchev–Trinajstić information content (AvgIpc) is 2.63. The third-order valence-corrected chi connectivity index (χ3v) is 1.66. The minimum atomic E-state index is -4.22. The lowest BCUT2D eigenvalue weighted by Gasteiger charge is -2.11. The van der Waals surface area contributed by atoms with E-state index in [1.807, 2.05) is 0 Å². The standard InChI is InChI=1S/C6H8F3NO/c7-6(8,9)3-10-5(4-11)1-2-5/h4,10H,1-3H2. The van der Waals surface area contributed by atoms with E-state index in [1.54, 1.807) is 0 Å². The summed E-state index contributed by atoms with van der Waals surface area (Å²) in [5.74, 6) is 0. The first kappa shape index (κ1) is 8.52. The molecule has 64 valence electrons. The van der Waals surface area contributed by atoms with Crippen molar-refractivity contribution in [2.45, 2.75) is 24.6 Å². The molecule has 0 aromatic rings. The van der Waals surface area contributed by atoms with Crippen molar-refractivity contribution in [2.24, 2.45) is 0 Å². The largest absolute Gasteiger partial charge is 0.401 e. The van der Waals surface area contributed by atoms with Gasteiger partial charge >= 0.3 is 6.18 Å². The van der Waals surface area contributed by atoms with Gasteiger partial charge in [-0.1, -0.05) is 0 Å². The third-order valence-electron chi connectivity index (χ3n) is 1.66. The highest BCUT2D eigenvalue weighted by atomic mass is 19.4. The van der Waals surface area contributed by atoms with Crippen molar-refractivity contribution < 1.29 is 18.0 Å². The molecule has 2 nitrogen and oxygen atoms in total. The predicted molar refractivity (Wildman–Crippen MR) is 32.1 cm³/mol. The van der Waals surface area contributed by atoms with Gasteiger partial charge in [0.25, 0.3) is 0 Å². The van der Waals surface area contributed by atoms with Crippen LogP contribution in [0.15, 0.2) is 0 Å². The summed E-state index contributed by atoms with van der Waals surface area (Å²) in [6.07, 6.45) is -2.63. The van der Waals surface area contributed by atoms with E-state index in [-0.39, 0.29) is 0 Å². The van der Waals surface area contributed by atoms with Crippen LogP contribution < -0.4 is 5.32 Å². The maximum absolute atomic E-state index is 11.6. The molecule has 0 unspecified atom stereocenters. The molecule has 1 saturated carbocycles. The molecular weight excluding hydrogens is 159 g/mol. The molecule has 0 heterocycles. The predicted octanol–water partition coefficient (Wildman–Crippen LogP) is 0.870. The molecule has 5 heteroatoms. The molecule has 1 fully saturated rings. The van der Waals surface area contributed by atoms with Gasteiger partial charge in [-0.25, -0.2) is 0 Å². The van der Waals surface area contributed by atoms with Crippen LogP contribution in [-0.2, 0) is 4.79 Å². The molecule has 11 heavy (non-hydrogen) atoms. The van der Waals surface area contributed by atoms with Gasteiger partial charge in [0.05, 0.1) is 12.1 Å². The van der Waals surface area contributed by atoms with Crippen molar-refractivity contribution in [1.29, 1.82) is 0 Å². The number of rotatable bonds is 3.